The second-order valence-electron chi connectivity index (χ2n) is 5.90. The van der Waals surface area contributed by atoms with Gasteiger partial charge >= 0.3 is 0 Å². The molecule has 0 aliphatic carbocycles. The molecule has 1 fully saturated rings. The molecule has 0 radical (unpaired) electrons. The molecule has 0 amide bonds. The Hall–Kier alpha value is -1.65. The summed E-state index contributed by atoms with van der Waals surface area (Å²) in [6.07, 6.45) is 2.49. The highest BCUT2D eigenvalue weighted by Gasteiger charge is 2.20. The number of nitrogens with one attached hydrogen (secondary N) is 1. The van der Waals surface area contributed by atoms with Crippen molar-refractivity contribution in [2.45, 2.75) is 26.7 Å². The van der Waals surface area contributed by atoms with Crippen LogP contribution >= 0.6 is 11.6 Å². The van der Waals surface area contributed by atoms with Crippen molar-refractivity contribution in [3.8, 4) is 5.69 Å². The minimum Gasteiger partial charge on any atom is -0.303 e. The van der Waals surface area contributed by atoms with Crippen LogP contribution in [0.4, 0.5) is 0 Å². The summed E-state index contributed by atoms with van der Waals surface area (Å²) >= 11 is 5.95. The molecule has 1 aromatic heterocycles. The number of hydrogen-bond donors (Lipinski definition) is 1. The van der Waals surface area contributed by atoms with E-state index in [1.807, 2.05) is 42.8 Å². The Morgan fingerprint density at radius 2 is 1.82 bits per heavy atom. The van der Waals surface area contributed by atoms with Crippen LogP contribution in [0.15, 0.2) is 24.3 Å². The van der Waals surface area contributed by atoms with E-state index >= 15 is 0 Å². The van der Waals surface area contributed by atoms with Crippen molar-refractivity contribution in [1.82, 2.24) is 14.7 Å². The quantitative estimate of drug-likeness (QED) is 0.876. The zero-order valence-electron chi connectivity index (χ0n) is 13.1. The molecule has 1 aliphatic rings. The fourth-order valence-corrected chi connectivity index (χ4v) is 3.28. The highest BCUT2D eigenvalue weighted by Crippen LogP contribution is 2.21. The minimum atomic E-state index is 0.664. The fraction of sp³-hybridized carbons (Fsp3) is 0.412. The number of benzene rings is 1. The second-order valence-corrected chi connectivity index (χ2v) is 6.33. The molecule has 1 aromatic carbocycles. The van der Waals surface area contributed by atoms with E-state index in [1.54, 1.807) is 0 Å². The number of nitrogens with zero attached hydrogens (tertiary/aromatic N) is 3. The molecule has 1 saturated heterocycles. The van der Waals surface area contributed by atoms with Gasteiger partial charge in [0.15, 0.2) is 0 Å². The van der Waals surface area contributed by atoms with Gasteiger partial charge in [-0.2, -0.15) is 5.10 Å². The van der Waals surface area contributed by atoms with E-state index in [2.05, 4.69) is 10.00 Å². The first-order chi connectivity index (χ1) is 10.6. The van der Waals surface area contributed by atoms with E-state index in [-0.39, 0.29) is 0 Å². The van der Waals surface area contributed by atoms with Crippen molar-refractivity contribution >= 4 is 17.3 Å². The zero-order valence-corrected chi connectivity index (χ0v) is 13.8. The number of halogens is 1. The number of hydrogen-bond acceptors (Lipinski definition) is 3. The van der Waals surface area contributed by atoms with Gasteiger partial charge in [0.05, 0.1) is 22.8 Å². The molecule has 2 aromatic rings. The van der Waals surface area contributed by atoms with E-state index in [4.69, 9.17) is 17.0 Å². The number of aryl methyl sites for hydroxylation is 1. The van der Waals surface area contributed by atoms with Gasteiger partial charge in [0.25, 0.3) is 0 Å². The molecule has 3 rings (SSSR count). The third-order valence-electron chi connectivity index (χ3n) is 4.24. The van der Waals surface area contributed by atoms with E-state index in [1.165, 1.54) is 12.8 Å². The SMILES string of the molecule is Cc1nn(-c2ccc(Cl)cc2)c(C)c1C(=N)CN1CCCC1. The largest absolute Gasteiger partial charge is 0.303 e. The molecule has 4 nitrogen and oxygen atoms in total. The Labute approximate surface area is 136 Å². The van der Waals surface area contributed by atoms with Crippen molar-refractivity contribution in [3.63, 3.8) is 0 Å². The summed E-state index contributed by atoms with van der Waals surface area (Å²) in [6, 6.07) is 7.64. The van der Waals surface area contributed by atoms with Gasteiger partial charge in [0.2, 0.25) is 0 Å². The molecule has 0 bridgehead atoms. The second kappa shape index (κ2) is 6.23. The average Bonchev–Trinajstić information content (AvgIpc) is 3.08. The molecule has 0 spiro atoms. The van der Waals surface area contributed by atoms with Crippen molar-refractivity contribution in [1.29, 1.82) is 5.41 Å². The van der Waals surface area contributed by atoms with Crippen molar-refractivity contribution in [2.75, 3.05) is 19.6 Å². The van der Waals surface area contributed by atoms with Gasteiger partial charge in [-0.15, -0.1) is 0 Å². The maximum atomic E-state index is 8.47. The molecular formula is C17H21ClN4. The van der Waals surface area contributed by atoms with Crippen LogP contribution in [0.2, 0.25) is 5.02 Å². The van der Waals surface area contributed by atoms with Crippen LogP contribution in [-0.2, 0) is 0 Å². The molecule has 1 aliphatic heterocycles. The molecule has 116 valence electrons. The molecule has 0 unspecified atom stereocenters. The maximum Gasteiger partial charge on any atom is 0.0691 e. The smallest absolute Gasteiger partial charge is 0.0691 e. The van der Waals surface area contributed by atoms with Crippen LogP contribution < -0.4 is 0 Å². The van der Waals surface area contributed by atoms with Crippen LogP contribution in [0.1, 0.15) is 29.8 Å². The third kappa shape index (κ3) is 2.94. The molecule has 0 saturated carbocycles. The summed E-state index contributed by atoms with van der Waals surface area (Å²) in [5.41, 5.74) is 4.55. The molecule has 5 heteroatoms. The summed E-state index contributed by atoms with van der Waals surface area (Å²) in [7, 11) is 0. The summed E-state index contributed by atoms with van der Waals surface area (Å²) in [5, 5.41) is 13.8. The first-order valence-corrected chi connectivity index (χ1v) is 8.06. The van der Waals surface area contributed by atoms with Gasteiger partial charge in [-0.25, -0.2) is 4.68 Å². The molecule has 2 heterocycles. The Bertz CT molecular complexity index is 681. The first-order valence-electron chi connectivity index (χ1n) is 7.68. The summed E-state index contributed by atoms with van der Waals surface area (Å²) < 4.78 is 1.90. The van der Waals surface area contributed by atoms with E-state index in [0.29, 0.717) is 17.3 Å². The predicted octanol–water partition coefficient (Wildman–Crippen LogP) is 3.61. The van der Waals surface area contributed by atoms with Crippen LogP contribution in [-0.4, -0.2) is 40.0 Å². The van der Waals surface area contributed by atoms with Gasteiger partial charge in [-0.05, 0) is 64.0 Å². The molecular weight excluding hydrogens is 296 g/mol. The minimum absolute atomic E-state index is 0.664. The van der Waals surface area contributed by atoms with Crippen LogP contribution in [0.3, 0.4) is 0 Å². The van der Waals surface area contributed by atoms with Crippen LogP contribution in [0.5, 0.6) is 0 Å². The third-order valence-corrected chi connectivity index (χ3v) is 4.50. The number of aromatic nitrogens is 2. The van der Waals surface area contributed by atoms with Gasteiger partial charge in [-0.3, -0.25) is 4.90 Å². The zero-order chi connectivity index (χ0) is 15.7. The number of rotatable bonds is 4. The van der Waals surface area contributed by atoms with Gasteiger partial charge in [-0.1, -0.05) is 11.6 Å². The summed E-state index contributed by atoms with van der Waals surface area (Å²) in [5.74, 6) is 0. The predicted molar refractivity (Wildman–Crippen MR) is 90.6 cm³/mol. The topological polar surface area (TPSA) is 44.9 Å². The van der Waals surface area contributed by atoms with Crippen molar-refractivity contribution < 1.29 is 0 Å². The maximum absolute atomic E-state index is 8.47. The van der Waals surface area contributed by atoms with Crippen LogP contribution in [0.25, 0.3) is 5.69 Å². The van der Waals surface area contributed by atoms with E-state index in [9.17, 15) is 0 Å². The van der Waals surface area contributed by atoms with Crippen LogP contribution in [0, 0.1) is 19.3 Å². The summed E-state index contributed by atoms with van der Waals surface area (Å²) in [4.78, 5) is 2.35. The fourth-order valence-electron chi connectivity index (χ4n) is 3.16. The Morgan fingerprint density at radius 3 is 2.45 bits per heavy atom. The lowest BCUT2D eigenvalue weighted by Crippen LogP contribution is -2.27. The lowest BCUT2D eigenvalue weighted by atomic mass is 10.1. The molecule has 22 heavy (non-hydrogen) atoms. The Morgan fingerprint density at radius 1 is 1.18 bits per heavy atom. The highest BCUT2D eigenvalue weighted by molar-refractivity contribution is 6.30. The molecule has 1 N–H and O–H groups in total. The first kappa shape index (κ1) is 15.3. The summed E-state index contributed by atoms with van der Waals surface area (Å²) in [6.45, 7) is 6.93. The number of likely N-dealkylation sites (tertiary alicyclic amines) is 1. The highest BCUT2D eigenvalue weighted by atomic mass is 35.5. The van der Waals surface area contributed by atoms with Gasteiger partial charge in [0.1, 0.15) is 0 Å². The Balaban J connectivity index is 1.89. The van der Waals surface area contributed by atoms with E-state index in [0.717, 1.165) is 35.7 Å². The monoisotopic (exact) mass is 316 g/mol. The lowest BCUT2D eigenvalue weighted by molar-refractivity contribution is 0.388. The van der Waals surface area contributed by atoms with Gasteiger partial charge < -0.3 is 5.41 Å². The average molecular weight is 317 g/mol. The molecule has 0 atom stereocenters. The lowest BCUT2D eigenvalue weighted by Gasteiger charge is -2.15. The standard InChI is InChI=1S/C17H21ClN4/c1-12-17(16(19)11-21-9-3-4-10-21)13(2)22(20-12)15-7-5-14(18)6-8-15/h5-8,19H,3-4,9-11H2,1-2H3. The van der Waals surface area contributed by atoms with Crippen molar-refractivity contribution in [3.05, 3.63) is 46.2 Å². The van der Waals surface area contributed by atoms with E-state index < -0.39 is 0 Å². The van der Waals surface area contributed by atoms with Crippen molar-refractivity contribution in [2.24, 2.45) is 0 Å². The normalized spacial score (nSPS) is 15.4. The van der Waals surface area contributed by atoms with Gasteiger partial charge in [0, 0.05) is 17.1 Å². The Kier molecular flexibility index (Phi) is 4.32.